The fourth-order valence-corrected chi connectivity index (χ4v) is 4.39. The first-order chi connectivity index (χ1) is 16.1. The Morgan fingerprint density at radius 3 is 2.24 bits per heavy atom. The molecule has 2 saturated carbocycles. The van der Waals surface area contributed by atoms with Crippen molar-refractivity contribution in [2.45, 2.75) is 92.9 Å². The van der Waals surface area contributed by atoms with E-state index >= 15 is 0 Å². The lowest BCUT2D eigenvalue weighted by molar-refractivity contribution is 0.190. The number of aryl methyl sites for hydroxylation is 1. The molecule has 0 spiro atoms. The first kappa shape index (κ1) is 25.9. The number of nitrogens with two attached hydrogens (primary N) is 1. The number of anilines is 1. The van der Waals surface area contributed by atoms with Crippen LogP contribution in [0.25, 0.3) is 16.6 Å². The third-order valence-corrected chi connectivity index (χ3v) is 6.73. The van der Waals surface area contributed by atoms with E-state index in [-0.39, 0.29) is 5.95 Å². The Morgan fingerprint density at radius 1 is 1.06 bits per heavy atom. The normalized spacial score (nSPS) is 17.0. The highest BCUT2D eigenvalue weighted by Crippen LogP contribution is 2.39. The SMILES string of the molecule is CC(C)=Nc1ncc(-c2ccn3nc(N)ncc23)cc1C.CC1(C)CCC1.CC1CCCCC1. The van der Waals surface area contributed by atoms with Crippen LogP contribution in [0, 0.1) is 18.3 Å². The molecule has 0 radical (unpaired) electrons. The number of rotatable bonds is 2. The number of hydrogen-bond acceptors (Lipinski definition) is 5. The molecule has 3 aromatic heterocycles. The monoisotopic (exact) mass is 462 g/mol. The fourth-order valence-electron chi connectivity index (χ4n) is 4.39. The predicted octanol–water partition coefficient (Wildman–Crippen LogP) is 7.58. The van der Waals surface area contributed by atoms with Crippen LogP contribution >= 0.6 is 0 Å². The van der Waals surface area contributed by atoms with Crippen LogP contribution in [0.1, 0.15) is 91.5 Å². The molecule has 0 saturated heterocycles. The van der Waals surface area contributed by atoms with Gasteiger partial charge < -0.3 is 5.73 Å². The molecular formula is C28H42N6. The van der Waals surface area contributed by atoms with Crippen LogP contribution in [-0.2, 0) is 0 Å². The smallest absolute Gasteiger partial charge is 0.238 e. The van der Waals surface area contributed by atoms with Gasteiger partial charge in [0.15, 0.2) is 5.82 Å². The van der Waals surface area contributed by atoms with Gasteiger partial charge in [-0.3, -0.25) is 0 Å². The summed E-state index contributed by atoms with van der Waals surface area (Å²) in [5.41, 5.74) is 11.3. The van der Waals surface area contributed by atoms with Gasteiger partial charge in [0.1, 0.15) is 0 Å². The Kier molecular flexibility index (Phi) is 8.81. The van der Waals surface area contributed by atoms with Gasteiger partial charge in [-0.15, -0.1) is 5.10 Å². The lowest BCUT2D eigenvalue weighted by Gasteiger charge is -2.33. The van der Waals surface area contributed by atoms with Crippen LogP contribution < -0.4 is 5.73 Å². The number of fused-ring (bicyclic) bond motifs is 1. The maximum Gasteiger partial charge on any atom is 0.238 e. The molecule has 0 unspecified atom stereocenters. The predicted molar refractivity (Wildman–Crippen MR) is 144 cm³/mol. The van der Waals surface area contributed by atoms with Crippen molar-refractivity contribution >= 4 is 23.0 Å². The Bertz CT molecular complexity index is 1100. The molecule has 3 heterocycles. The average Bonchev–Trinajstić information content (AvgIpc) is 3.18. The highest BCUT2D eigenvalue weighted by atomic mass is 15.3. The van der Waals surface area contributed by atoms with Gasteiger partial charge >= 0.3 is 0 Å². The van der Waals surface area contributed by atoms with E-state index in [0.29, 0.717) is 0 Å². The molecule has 34 heavy (non-hydrogen) atoms. The summed E-state index contributed by atoms with van der Waals surface area (Å²) >= 11 is 0. The fraction of sp³-hybridized carbons (Fsp3) is 0.571. The third-order valence-electron chi connectivity index (χ3n) is 6.73. The second kappa shape index (κ2) is 11.6. The van der Waals surface area contributed by atoms with E-state index in [9.17, 15) is 0 Å². The number of nitrogens with zero attached hydrogens (tertiary/aromatic N) is 5. The minimum absolute atomic E-state index is 0.252. The lowest BCUT2D eigenvalue weighted by atomic mass is 9.72. The van der Waals surface area contributed by atoms with Gasteiger partial charge in [0, 0.05) is 29.2 Å². The zero-order valence-corrected chi connectivity index (χ0v) is 21.9. The third kappa shape index (κ3) is 7.37. The number of pyridine rings is 1. The summed E-state index contributed by atoms with van der Waals surface area (Å²) in [6.45, 7) is 12.9. The lowest BCUT2D eigenvalue weighted by Crippen LogP contribution is -2.20. The molecule has 2 N–H and O–H groups in total. The molecule has 0 aliphatic heterocycles. The quantitative estimate of drug-likeness (QED) is 0.398. The van der Waals surface area contributed by atoms with E-state index in [2.05, 4.69) is 46.9 Å². The zero-order chi connectivity index (χ0) is 24.7. The van der Waals surface area contributed by atoms with Crippen LogP contribution in [0.5, 0.6) is 0 Å². The molecule has 2 aliphatic rings. The van der Waals surface area contributed by atoms with Crippen LogP contribution in [0.15, 0.2) is 35.7 Å². The first-order valence-electron chi connectivity index (χ1n) is 12.7. The van der Waals surface area contributed by atoms with Crippen molar-refractivity contribution in [3.63, 3.8) is 0 Å². The van der Waals surface area contributed by atoms with E-state index in [1.165, 1.54) is 51.4 Å². The highest BCUT2D eigenvalue weighted by molar-refractivity contribution is 5.83. The largest absolute Gasteiger partial charge is 0.367 e. The molecule has 184 valence electrons. The second-order valence-corrected chi connectivity index (χ2v) is 10.9. The van der Waals surface area contributed by atoms with Crippen molar-refractivity contribution in [1.29, 1.82) is 0 Å². The van der Waals surface area contributed by atoms with Crippen molar-refractivity contribution < 1.29 is 0 Å². The summed E-state index contributed by atoms with van der Waals surface area (Å²) in [7, 11) is 0. The second-order valence-electron chi connectivity index (χ2n) is 10.9. The molecule has 3 aromatic rings. The Labute approximate surface area is 205 Å². The topological polar surface area (TPSA) is 81.5 Å². The van der Waals surface area contributed by atoms with E-state index in [1.807, 2.05) is 39.2 Å². The van der Waals surface area contributed by atoms with Crippen molar-refractivity contribution in [1.82, 2.24) is 19.6 Å². The summed E-state index contributed by atoms with van der Waals surface area (Å²) in [6.07, 6.45) is 17.2. The molecule has 6 heteroatoms. The van der Waals surface area contributed by atoms with Gasteiger partial charge in [0.2, 0.25) is 5.95 Å². The first-order valence-corrected chi connectivity index (χ1v) is 12.7. The van der Waals surface area contributed by atoms with Gasteiger partial charge in [-0.25, -0.2) is 19.5 Å². The Morgan fingerprint density at radius 2 is 1.74 bits per heavy atom. The van der Waals surface area contributed by atoms with E-state index in [0.717, 1.165) is 45.1 Å². The van der Waals surface area contributed by atoms with Crippen molar-refractivity contribution in [2.24, 2.45) is 16.3 Å². The summed E-state index contributed by atoms with van der Waals surface area (Å²) in [4.78, 5) is 12.9. The molecule has 0 atom stereocenters. The van der Waals surface area contributed by atoms with Gasteiger partial charge in [-0.1, -0.05) is 59.3 Å². The molecule has 0 amide bonds. The van der Waals surface area contributed by atoms with E-state index in [1.54, 1.807) is 10.7 Å². The summed E-state index contributed by atoms with van der Waals surface area (Å²) in [5, 5.41) is 4.14. The maximum absolute atomic E-state index is 5.59. The minimum Gasteiger partial charge on any atom is -0.367 e. The van der Waals surface area contributed by atoms with Gasteiger partial charge in [-0.05, 0) is 62.6 Å². The molecule has 0 bridgehead atoms. The van der Waals surface area contributed by atoms with E-state index < -0.39 is 0 Å². The molecule has 2 fully saturated rings. The van der Waals surface area contributed by atoms with E-state index in [4.69, 9.17) is 5.73 Å². The average molecular weight is 463 g/mol. The summed E-state index contributed by atoms with van der Waals surface area (Å²) in [6, 6.07) is 4.05. The minimum atomic E-state index is 0.252. The highest BCUT2D eigenvalue weighted by Gasteiger charge is 2.25. The number of nitrogen functional groups attached to an aromatic ring is 1. The zero-order valence-electron chi connectivity index (χ0n) is 21.9. The maximum atomic E-state index is 5.59. The number of aromatic nitrogens is 4. The summed E-state index contributed by atoms with van der Waals surface area (Å²) in [5.74, 6) is 2.04. The molecule has 6 nitrogen and oxygen atoms in total. The van der Waals surface area contributed by atoms with Crippen LogP contribution in [0.2, 0.25) is 0 Å². The Hall–Kier alpha value is -2.76. The van der Waals surface area contributed by atoms with Crippen molar-refractivity contribution in [3.8, 4) is 11.1 Å². The molecular weight excluding hydrogens is 420 g/mol. The number of hydrogen-bond donors (Lipinski definition) is 1. The Balaban J connectivity index is 0.000000202. The molecule has 5 rings (SSSR count). The van der Waals surface area contributed by atoms with Crippen molar-refractivity contribution in [2.75, 3.05) is 5.73 Å². The van der Waals surface area contributed by atoms with Gasteiger partial charge in [0.05, 0.1) is 11.7 Å². The van der Waals surface area contributed by atoms with Gasteiger partial charge in [0.25, 0.3) is 0 Å². The van der Waals surface area contributed by atoms with Crippen LogP contribution in [0.3, 0.4) is 0 Å². The standard InChI is InChI=1S/C15H16N6.C7H14.C6H12/c1-9(2)19-14-10(3)6-11(7-17-14)12-4-5-21-13(12)8-18-15(16)20-21;1-7-5-3-2-4-6-7;1-6(2)4-3-5-6/h4-8H,1-3H3,(H2,16,20);7H,2-6H2,1H3;3-5H2,1-2H3. The van der Waals surface area contributed by atoms with Crippen molar-refractivity contribution in [3.05, 3.63) is 36.3 Å². The summed E-state index contributed by atoms with van der Waals surface area (Å²) < 4.78 is 1.72. The number of aliphatic imine (C=N–C) groups is 1. The van der Waals surface area contributed by atoms with Gasteiger partial charge in [-0.2, -0.15) is 0 Å². The van der Waals surface area contributed by atoms with Crippen LogP contribution in [-0.4, -0.2) is 25.3 Å². The molecule has 2 aliphatic carbocycles. The van der Waals surface area contributed by atoms with Crippen LogP contribution in [0.4, 0.5) is 11.8 Å². The molecule has 0 aromatic carbocycles.